The van der Waals surface area contributed by atoms with E-state index in [9.17, 15) is 4.79 Å². The molecule has 1 aromatic rings. The molecule has 6 heteroatoms. The van der Waals surface area contributed by atoms with Gasteiger partial charge in [-0.25, -0.2) is 4.98 Å². The lowest BCUT2D eigenvalue weighted by molar-refractivity contribution is -0.122. The van der Waals surface area contributed by atoms with E-state index in [1.54, 1.807) is 0 Å². The third-order valence-electron chi connectivity index (χ3n) is 3.28. The average Bonchev–Trinajstić information content (AvgIpc) is 2.79. The van der Waals surface area contributed by atoms with Crippen LogP contribution in [0.25, 0.3) is 0 Å². The third kappa shape index (κ3) is 3.52. The maximum atomic E-state index is 11.8. The summed E-state index contributed by atoms with van der Waals surface area (Å²) < 4.78 is 0. The van der Waals surface area contributed by atoms with Crippen LogP contribution in [0.2, 0.25) is 0 Å². The minimum absolute atomic E-state index is 0.00852. The maximum absolute atomic E-state index is 11.8. The van der Waals surface area contributed by atoms with Crippen molar-refractivity contribution in [2.45, 2.75) is 50.6 Å². The molecule has 17 heavy (non-hydrogen) atoms. The number of aromatic nitrogens is 3. The molecule has 0 aromatic carbocycles. The fraction of sp³-hybridized carbons (Fsp3) is 0.727. The van der Waals surface area contributed by atoms with Crippen molar-refractivity contribution in [3.63, 3.8) is 0 Å². The molecular formula is C11H19N5O. The predicted octanol–water partition coefficient (Wildman–Crippen LogP) is 0.473. The van der Waals surface area contributed by atoms with Crippen LogP contribution in [0.5, 0.6) is 0 Å². The second-order valence-corrected chi connectivity index (χ2v) is 4.81. The number of nitrogens with zero attached hydrogens (tertiary/aromatic N) is 2. The third-order valence-corrected chi connectivity index (χ3v) is 3.28. The Labute approximate surface area is 100 Å². The Morgan fingerprint density at radius 2 is 2.24 bits per heavy atom. The van der Waals surface area contributed by atoms with Gasteiger partial charge in [-0.1, -0.05) is 19.3 Å². The van der Waals surface area contributed by atoms with Crippen molar-refractivity contribution < 1.29 is 4.79 Å². The molecule has 1 aliphatic carbocycles. The van der Waals surface area contributed by atoms with E-state index in [4.69, 9.17) is 5.73 Å². The number of nitrogens with one attached hydrogen (secondary N) is 2. The van der Waals surface area contributed by atoms with Crippen LogP contribution >= 0.6 is 0 Å². The summed E-state index contributed by atoms with van der Waals surface area (Å²) in [6.07, 6.45) is 7.22. The highest BCUT2D eigenvalue weighted by Gasteiger charge is 2.29. The van der Waals surface area contributed by atoms with Gasteiger partial charge in [0.05, 0.1) is 6.54 Å². The zero-order chi connectivity index (χ0) is 12.1. The monoisotopic (exact) mass is 237 g/mol. The zero-order valence-electron chi connectivity index (χ0n) is 9.91. The summed E-state index contributed by atoms with van der Waals surface area (Å²) in [7, 11) is 0. The van der Waals surface area contributed by atoms with E-state index in [1.165, 1.54) is 12.7 Å². The van der Waals surface area contributed by atoms with Gasteiger partial charge in [-0.05, 0) is 12.8 Å². The van der Waals surface area contributed by atoms with Crippen molar-refractivity contribution in [1.29, 1.82) is 0 Å². The van der Waals surface area contributed by atoms with Crippen LogP contribution in [0.1, 0.15) is 44.3 Å². The topological polar surface area (TPSA) is 96.7 Å². The number of H-pyrrole nitrogens is 1. The lowest BCUT2D eigenvalue weighted by Gasteiger charge is -2.32. The Kier molecular flexibility index (Phi) is 3.73. The van der Waals surface area contributed by atoms with Crippen molar-refractivity contribution in [2.24, 2.45) is 5.73 Å². The van der Waals surface area contributed by atoms with E-state index in [1.807, 2.05) is 0 Å². The van der Waals surface area contributed by atoms with Gasteiger partial charge in [0.15, 0.2) is 0 Å². The minimum Gasteiger partial charge on any atom is -0.349 e. The Bertz CT molecular complexity index is 356. The van der Waals surface area contributed by atoms with Gasteiger partial charge in [0, 0.05) is 12.0 Å². The summed E-state index contributed by atoms with van der Waals surface area (Å²) in [6, 6.07) is 0. The predicted molar refractivity (Wildman–Crippen MR) is 62.8 cm³/mol. The Balaban J connectivity index is 1.76. The first kappa shape index (κ1) is 12.0. The molecule has 1 amide bonds. The van der Waals surface area contributed by atoms with Gasteiger partial charge in [0.1, 0.15) is 12.2 Å². The molecule has 1 aromatic heterocycles. The average molecular weight is 237 g/mol. The number of carbonyl (C=O) groups excluding carboxylic acids is 1. The second-order valence-electron chi connectivity index (χ2n) is 4.81. The zero-order valence-corrected chi connectivity index (χ0v) is 9.91. The highest BCUT2D eigenvalue weighted by Crippen LogP contribution is 2.28. The van der Waals surface area contributed by atoms with Crippen LogP contribution in [0.4, 0.5) is 0 Å². The fourth-order valence-corrected chi connectivity index (χ4v) is 2.31. The fourth-order valence-electron chi connectivity index (χ4n) is 2.31. The Morgan fingerprint density at radius 1 is 1.47 bits per heavy atom. The van der Waals surface area contributed by atoms with E-state index >= 15 is 0 Å². The van der Waals surface area contributed by atoms with Crippen LogP contribution < -0.4 is 11.1 Å². The molecule has 4 N–H and O–H groups in total. The van der Waals surface area contributed by atoms with E-state index in [0.717, 1.165) is 25.7 Å². The number of aromatic amines is 1. The molecule has 0 atom stereocenters. The second kappa shape index (κ2) is 5.27. The standard InChI is InChI=1S/C11H19N5O/c12-11(4-2-1-3-5-11)6-10(17)13-7-9-14-8-15-16-9/h8H,1-7,12H2,(H,13,17)(H,14,15,16). The molecule has 2 rings (SSSR count). The van der Waals surface area contributed by atoms with Crippen LogP contribution in [0.3, 0.4) is 0 Å². The van der Waals surface area contributed by atoms with Crippen molar-refractivity contribution in [1.82, 2.24) is 20.5 Å². The Hall–Kier alpha value is -1.43. The van der Waals surface area contributed by atoms with Gasteiger partial charge in [0.2, 0.25) is 5.91 Å². The molecule has 1 heterocycles. The summed E-state index contributed by atoms with van der Waals surface area (Å²) >= 11 is 0. The van der Waals surface area contributed by atoms with Crippen molar-refractivity contribution in [2.75, 3.05) is 0 Å². The normalized spacial score (nSPS) is 18.9. The van der Waals surface area contributed by atoms with E-state index in [2.05, 4.69) is 20.5 Å². The van der Waals surface area contributed by atoms with Gasteiger partial charge in [-0.3, -0.25) is 9.89 Å². The van der Waals surface area contributed by atoms with E-state index in [0.29, 0.717) is 18.8 Å². The molecule has 0 saturated heterocycles. The number of hydrogen-bond donors (Lipinski definition) is 3. The summed E-state index contributed by atoms with van der Waals surface area (Å²) in [5, 5.41) is 9.22. The molecule has 0 unspecified atom stereocenters. The number of carbonyl (C=O) groups is 1. The summed E-state index contributed by atoms with van der Waals surface area (Å²) in [5.41, 5.74) is 5.91. The molecule has 0 radical (unpaired) electrons. The highest BCUT2D eigenvalue weighted by atomic mass is 16.1. The van der Waals surface area contributed by atoms with Gasteiger partial charge in [0.25, 0.3) is 0 Å². The van der Waals surface area contributed by atoms with Gasteiger partial charge in [-0.15, -0.1) is 0 Å². The molecule has 1 saturated carbocycles. The number of rotatable bonds is 4. The van der Waals surface area contributed by atoms with E-state index in [-0.39, 0.29) is 11.4 Å². The first-order chi connectivity index (χ1) is 8.18. The molecule has 1 aliphatic rings. The molecule has 0 aliphatic heterocycles. The van der Waals surface area contributed by atoms with Crippen molar-refractivity contribution in [3.05, 3.63) is 12.2 Å². The summed E-state index contributed by atoms with van der Waals surface area (Å²) in [6.45, 7) is 0.384. The molecule has 1 fully saturated rings. The molecular weight excluding hydrogens is 218 g/mol. The highest BCUT2D eigenvalue weighted by molar-refractivity contribution is 5.77. The van der Waals surface area contributed by atoms with Crippen molar-refractivity contribution >= 4 is 5.91 Å². The lowest BCUT2D eigenvalue weighted by atomic mass is 9.80. The van der Waals surface area contributed by atoms with Crippen LogP contribution in [-0.4, -0.2) is 26.6 Å². The molecule has 94 valence electrons. The molecule has 0 bridgehead atoms. The largest absolute Gasteiger partial charge is 0.349 e. The lowest BCUT2D eigenvalue weighted by Crippen LogP contribution is -2.45. The van der Waals surface area contributed by atoms with Gasteiger partial charge >= 0.3 is 0 Å². The van der Waals surface area contributed by atoms with Crippen molar-refractivity contribution in [3.8, 4) is 0 Å². The number of hydrogen-bond acceptors (Lipinski definition) is 4. The first-order valence-electron chi connectivity index (χ1n) is 6.08. The van der Waals surface area contributed by atoms with Gasteiger partial charge in [-0.2, -0.15) is 5.10 Å². The summed E-state index contributed by atoms with van der Waals surface area (Å²) in [4.78, 5) is 15.7. The van der Waals surface area contributed by atoms with E-state index < -0.39 is 0 Å². The Morgan fingerprint density at radius 3 is 2.88 bits per heavy atom. The smallest absolute Gasteiger partial charge is 0.222 e. The van der Waals surface area contributed by atoms with Crippen LogP contribution in [0.15, 0.2) is 6.33 Å². The number of nitrogens with two attached hydrogens (primary N) is 1. The first-order valence-corrected chi connectivity index (χ1v) is 6.08. The van der Waals surface area contributed by atoms with Gasteiger partial charge < -0.3 is 11.1 Å². The summed E-state index contributed by atoms with van der Waals surface area (Å²) in [5.74, 6) is 0.652. The quantitative estimate of drug-likeness (QED) is 0.709. The maximum Gasteiger partial charge on any atom is 0.222 e. The minimum atomic E-state index is -0.302. The molecule has 0 spiro atoms. The van der Waals surface area contributed by atoms with Crippen LogP contribution in [0, 0.1) is 0 Å². The molecule has 6 nitrogen and oxygen atoms in total. The number of amides is 1. The SMILES string of the molecule is NC1(CC(=O)NCc2ncn[nH]2)CCCCC1. The van der Waals surface area contributed by atoms with Crippen LogP contribution in [-0.2, 0) is 11.3 Å².